The summed E-state index contributed by atoms with van der Waals surface area (Å²) in [5.74, 6) is -0.116. The van der Waals surface area contributed by atoms with Crippen LogP contribution in [-0.2, 0) is 4.79 Å². The van der Waals surface area contributed by atoms with Gasteiger partial charge in [-0.1, -0.05) is 6.92 Å². The summed E-state index contributed by atoms with van der Waals surface area (Å²) in [4.78, 5) is 11.4. The Bertz CT molecular complexity index is 144. The van der Waals surface area contributed by atoms with Gasteiger partial charge in [0.05, 0.1) is 18.7 Å². The summed E-state index contributed by atoms with van der Waals surface area (Å²) >= 11 is 0. The summed E-state index contributed by atoms with van der Waals surface area (Å²) in [6.07, 6.45) is 0.713. The molecule has 0 aromatic rings. The van der Waals surface area contributed by atoms with E-state index in [0.717, 1.165) is 0 Å². The Balaban J connectivity index is 3.95. The van der Waals surface area contributed by atoms with Crippen molar-refractivity contribution in [2.24, 2.45) is 5.73 Å². The molecule has 0 saturated carbocycles. The number of hydrogen-bond donors (Lipinski definition) is 4. The molecule has 2 unspecified atom stereocenters. The fourth-order valence-electron chi connectivity index (χ4n) is 1.00. The lowest BCUT2D eigenvalue weighted by atomic mass is 10.2. The normalized spacial score (nSPS) is 15.1. The molecule has 0 bridgehead atoms. The third kappa shape index (κ3) is 4.21. The van der Waals surface area contributed by atoms with Gasteiger partial charge in [0.2, 0.25) is 5.91 Å². The van der Waals surface area contributed by atoms with Crippen LogP contribution in [0.5, 0.6) is 0 Å². The van der Waals surface area contributed by atoms with Crippen molar-refractivity contribution in [1.82, 2.24) is 10.6 Å². The zero-order valence-electron chi connectivity index (χ0n) is 8.21. The number of nitrogens with two attached hydrogens (primary N) is 1. The first-order chi connectivity index (χ1) is 6.19. The third-order valence-electron chi connectivity index (χ3n) is 1.92. The molecular weight excluding hydrogens is 170 g/mol. The Morgan fingerprint density at radius 3 is 2.54 bits per heavy atom. The van der Waals surface area contributed by atoms with Crippen LogP contribution in [0.15, 0.2) is 0 Å². The lowest BCUT2D eigenvalue weighted by Gasteiger charge is -2.18. The monoisotopic (exact) mass is 189 g/mol. The minimum atomic E-state index is -0.338. The van der Waals surface area contributed by atoms with Crippen LogP contribution in [0, 0.1) is 0 Å². The number of nitrogens with one attached hydrogen (secondary N) is 2. The van der Waals surface area contributed by atoms with E-state index in [2.05, 4.69) is 10.6 Å². The van der Waals surface area contributed by atoms with E-state index in [9.17, 15) is 4.79 Å². The molecule has 0 aliphatic carbocycles. The number of carbonyl (C=O) groups excluding carboxylic acids is 1. The van der Waals surface area contributed by atoms with E-state index < -0.39 is 0 Å². The molecule has 0 rings (SSSR count). The SMILES string of the molecule is CCC(NC)C(=O)NC(CN)CO. The molecule has 0 heterocycles. The van der Waals surface area contributed by atoms with Gasteiger partial charge in [0, 0.05) is 6.54 Å². The molecule has 0 spiro atoms. The number of rotatable bonds is 6. The number of hydrogen-bond acceptors (Lipinski definition) is 4. The maximum atomic E-state index is 11.4. The van der Waals surface area contributed by atoms with E-state index in [1.165, 1.54) is 0 Å². The van der Waals surface area contributed by atoms with Gasteiger partial charge in [0.25, 0.3) is 0 Å². The van der Waals surface area contributed by atoms with Crippen molar-refractivity contribution >= 4 is 5.91 Å². The van der Waals surface area contributed by atoms with Crippen LogP contribution in [0.25, 0.3) is 0 Å². The molecule has 13 heavy (non-hydrogen) atoms. The van der Waals surface area contributed by atoms with E-state index in [1.807, 2.05) is 6.92 Å². The second kappa shape index (κ2) is 6.82. The Morgan fingerprint density at radius 2 is 2.23 bits per heavy atom. The van der Waals surface area contributed by atoms with E-state index in [-0.39, 0.29) is 31.1 Å². The zero-order chi connectivity index (χ0) is 10.3. The van der Waals surface area contributed by atoms with Crippen molar-refractivity contribution in [2.75, 3.05) is 20.2 Å². The second-order valence-corrected chi connectivity index (χ2v) is 2.87. The Morgan fingerprint density at radius 1 is 1.62 bits per heavy atom. The van der Waals surface area contributed by atoms with Gasteiger partial charge in [-0.15, -0.1) is 0 Å². The van der Waals surface area contributed by atoms with Crippen molar-refractivity contribution in [2.45, 2.75) is 25.4 Å². The van der Waals surface area contributed by atoms with Crippen molar-refractivity contribution in [3.05, 3.63) is 0 Å². The van der Waals surface area contributed by atoms with Gasteiger partial charge >= 0.3 is 0 Å². The first-order valence-corrected chi connectivity index (χ1v) is 4.48. The molecule has 5 heteroatoms. The van der Waals surface area contributed by atoms with E-state index >= 15 is 0 Å². The van der Waals surface area contributed by atoms with Gasteiger partial charge in [0.15, 0.2) is 0 Å². The minimum Gasteiger partial charge on any atom is -0.394 e. The Kier molecular flexibility index (Phi) is 6.48. The summed E-state index contributed by atoms with van der Waals surface area (Å²) in [5.41, 5.74) is 5.32. The smallest absolute Gasteiger partial charge is 0.237 e. The highest BCUT2D eigenvalue weighted by atomic mass is 16.3. The topological polar surface area (TPSA) is 87.4 Å². The molecule has 0 saturated heterocycles. The average Bonchev–Trinajstić information content (AvgIpc) is 2.16. The summed E-state index contributed by atoms with van der Waals surface area (Å²) in [6.45, 7) is 2.04. The van der Waals surface area contributed by atoms with Gasteiger partial charge in [-0.05, 0) is 13.5 Å². The summed E-state index contributed by atoms with van der Waals surface area (Å²) in [6, 6.07) is -0.546. The largest absolute Gasteiger partial charge is 0.394 e. The fourth-order valence-corrected chi connectivity index (χ4v) is 1.00. The second-order valence-electron chi connectivity index (χ2n) is 2.87. The lowest BCUT2D eigenvalue weighted by molar-refractivity contribution is -0.124. The predicted molar refractivity (Wildman–Crippen MR) is 51.2 cm³/mol. The van der Waals surface area contributed by atoms with Gasteiger partial charge in [-0.25, -0.2) is 0 Å². The van der Waals surface area contributed by atoms with Crippen LogP contribution < -0.4 is 16.4 Å². The summed E-state index contributed by atoms with van der Waals surface area (Å²) in [7, 11) is 1.73. The van der Waals surface area contributed by atoms with Crippen LogP contribution in [0.4, 0.5) is 0 Å². The number of likely N-dealkylation sites (N-methyl/N-ethyl adjacent to an activating group) is 1. The third-order valence-corrected chi connectivity index (χ3v) is 1.92. The average molecular weight is 189 g/mol. The van der Waals surface area contributed by atoms with Crippen LogP contribution in [-0.4, -0.2) is 43.3 Å². The summed E-state index contributed by atoms with van der Waals surface area (Å²) < 4.78 is 0. The molecule has 78 valence electrons. The molecule has 1 amide bonds. The molecule has 5 N–H and O–H groups in total. The molecule has 0 radical (unpaired) electrons. The van der Waals surface area contributed by atoms with E-state index in [4.69, 9.17) is 10.8 Å². The molecular formula is C8H19N3O2. The first-order valence-electron chi connectivity index (χ1n) is 4.48. The minimum absolute atomic E-state index is 0.116. The van der Waals surface area contributed by atoms with Gasteiger partial charge in [-0.3, -0.25) is 4.79 Å². The number of carbonyl (C=O) groups is 1. The van der Waals surface area contributed by atoms with Crippen LogP contribution in [0.2, 0.25) is 0 Å². The van der Waals surface area contributed by atoms with Gasteiger partial charge < -0.3 is 21.5 Å². The van der Waals surface area contributed by atoms with E-state index in [1.54, 1.807) is 7.05 Å². The maximum Gasteiger partial charge on any atom is 0.237 e. The molecule has 0 aliphatic heterocycles. The standard InChI is InChI=1S/C8H19N3O2/c1-3-7(10-2)8(13)11-6(4-9)5-12/h6-7,10,12H,3-5,9H2,1-2H3,(H,11,13). The van der Waals surface area contributed by atoms with Crippen molar-refractivity contribution < 1.29 is 9.90 Å². The Hall–Kier alpha value is -0.650. The molecule has 0 aliphatic rings. The number of aliphatic hydroxyl groups excluding tert-OH is 1. The molecule has 5 nitrogen and oxygen atoms in total. The molecule has 2 atom stereocenters. The highest BCUT2D eigenvalue weighted by molar-refractivity contribution is 5.81. The molecule has 0 aromatic heterocycles. The van der Waals surface area contributed by atoms with Crippen molar-refractivity contribution in [1.29, 1.82) is 0 Å². The first kappa shape index (κ1) is 12.3. The fraction of sp³-hybridized carbons (Fsp3) is 0.875. The van der Waals surface area contributed by atoms with Gasteiger partial charge in [0.1, 0.15) is 0 Å². The quantitative estimate of drug-likeness (QED) is 0.406. The molecule has 0 fully saturated rings. The van der Waals surface area contributed by atoms with Crippen molar-refractivity contribution in [3.8, 4) is 0 Å². The highest BCUT2D eigenvalue weighted by Gasteiger charge is 2.16. The van der Waals surface area contributed by atoms with Crippen molar-refractivity contribution in [3.63, 3.8) is 0 Å². The van der Waals surface area contributed by atoms with Crippen LogP contribution in [0.1, 0.15) is 13.3 Å². The van der Waals surface area contributed by atoms with Crippen LogP contribution >= 0.6 is 0 Å². The zero-order valence-corrected chi connectivity index (χ0v) is 8.21. The maximum absolute atomic E-state index is 11.4. The Labute approximate surface area is 78.7 Å². The highest BCUT2D eigenvalue weighted by Crippen LogP contribution is 1.90. The predicted octanol–water partition coefficient (Wildman–Crippen LogP) is -1.58. The summed E-state index contributed by atoms with van der Waals surface area (Å²) in [5, 5.41) is 14.3. The number of amides is 1. The van der Waals surface area contributed by atoms with E-state index in [0.29, 0.717) is 6.42 Å². The molecule has 0 aromatic carbocycles. The van der Waals surface area contributed by atoms with Crippen LogP contribution in [0.3, 0.4) is 0 Å². The lowest BCUT2D eigenvalue weighted by Crippen LogP contribution is -2.50. The van der Waals surface area contributed by atoms with Gasteiger partial charge in [-0.2, -0.15) is 0 Å². The number of aliphatic hydroxyl groups is 1.